The monoisotopic (exact) mass is 791 g/mol. The van der Waals surface area contributed by atoms with Crippen LogP contribution >= 0.6 is 0 Å². The largest absolute Gasteiger partial charge is 0.457 e. The molecule has 1 aliphatic heterocycles. The minimum atomic E-state index is -0.108. The van der Waals surface area contributed by atoms with Crippen LogP contribution in [-0.4, -0.2) is 20.8 Å². The Morgan fingerprint density at radius 2 is 1.12 bits per heavy atom. The van der Waals surface area contributed by atoms with Gasteiger partial charge >= 0.3 is 0 Å². The number of imidazole rings is 1. The van der Waals surface area contributed by atoms with Gasteiger partial charge in [0.2, 0.25) is 5.95 Å². The van der Waals surface area contributed by atoms with Gasteiger partial charge in [-0.15, -0.1) is 0 Å². The van der Waals surface area contributed by atoms with Crippen molar-refractivity contribution in [1.29, 1.82) is 0 Å². The van der Waals surface area contributed by atoms with E-state index in [4.69, 9.17) is 9.72 Å². The van der Waals surface area contributed by atoms with Crippen LogP contribution in [0.5, 0.6) is 11.5 Å². The number of fused-ring (bicyclic) bond motifs is 4. The van der Waals surface area contributed by atoms with Crippen molar-refractivity contribution in [2.75, 3.05) is 16.5 Å². The highest BCUT2D eigenvalue weighted by atomic mass is 16.5. The summed E-state index contributed by atoms with van der Waals surface area (Å²) in [5, 5.41) is 2.32. The van der Waals surface area contributed by atoms with Gasteiger partial charge in [-0.25, -0.2) is 4.98 Å². The van der Waals surface area contributed by atoms with Gasteiger partial charge in [0.1, 0.15) is 18.2 Å². The van der Waals surface area contributed by atoms with Gasteiger partial charge in [-0.05, 0) is 113 Å². The number of benzene rings is 6. The van der Waals surface area contributed by atoms with Crippen LogP contribution in [0, 0.1) is 13.8 Å². The second-order valence-electron chi connectivity index (χ2n) is 19.7. The highest BCUT2D eigenvalue weighted by molar-refractivity contribution is 6.09. The van der Waals surface area contributed by atoms with Crippen LogP contribution in [0.4, 0.5) is 22.7 Å². The van der Waals surface area contributed by atoms with E-state index in [-0.39, 0.29) is 16.2 Å². The molecule has 0 saturated carbocycles. The number of nitrogens with zero attached hydrogens (tertiary/aromatic N) is 5. The first-order valence-corrected chi connectivity index (χ1v) is 21.2. The first kappa shape index (κ1) is 39.2. The quantitative estimate of drug-likeness (QED) is 0.168. The number of aromatic nitrogens is 3. The van der Waals surface area contributed by atoms with Gasteiger partial charge in [0.15, 0.2) is 0 Å². The first-order chi connectivity index (χ1) is 28.5. The zero-order valence-corrected chi connectivity index (χ0v) is 37.1. The summed E-state index contributed by atoms with van der Waals surface area (Å²) in [6.45, 7) is 25.6. The van der Waals surface area contributed by atoms with Crippen molar-refractivity contribution in [2.45, 2.75) is 92.4 Å². The summed E-state index contributed by atoms with van der Waals surface area (Å²) in [5.41, 5.74) is 14.3. The van der Waals surface area contributed by atoms with Crippen molar-refractivity contribution in [3.05, 3.63) is 162 Å². The summed E-state index contributed by atoms with van der Waals surface area (Å²) in [4.78, 5) is 9.88. The van der Waals surface area contributed by atoms with Gasteiger partial charge in [0.05, 0.1) is 28.1 Å². The van der Waals surface area contributed by atoms with Crippen molar-refractivity contribution >= 4 is 44.6 Å². The number of para-hydroxylation sites is 3. The summed E-state index contributed by atoms with van der Waals surface area (Å²) < 4.78 is 11.5. The summed E-state index contributed by atoms with van der Waals surface area (Å²) in [5.74, 6) is 2.41. The Bertz CT molecular complexity index is 2900. The lowest BCUT2D eigenvalue weighted by atomic mass is 9.85. The number of ether oxygens (including phenoxy) is 1. The minimum Gasteiger partial charge on any atom is -0.457 e. The molecule has 304 valence electrons. The Labute approximate surface area is 355 Å². The second kappa shape index (κ2) is 14.2. The van der Waals surface area contributed by atoms with Crippen LogP contribution in [0.25, 0.3) is 33.4 Å². The molecule has 1 aliphatic rings. The molecule has 6 nitrogen and oxygen atoms in total. The molecule has 0 aliphatic carbocycles. The fourth-order valence-electron chi connectivity index (χ4n) is 8.80. The number of aryl methyl sites for hydroxylation is 2. The third-order valence-electron chi connectivity index (χ3n) is 12.1. The Morgan fingerprint density at radius 3 is 1.80 bits per heavy atom. The molecular formula is C54H57N5O. The number of rotatable bonds is 6. The van der Waals surface area contributed by atoms with E-state index in [1.165, 1.54) is 50.3 Å². The van der Waals surface area contributed by atoms with Gasteiger partial charge < -0.3 is 14.5 Å². The highest BCUT2D eigenvalue weighted by Crippen LogP contribution is 2.47. The third-order valence-corrected chi connectivity index (χ3v) is 12.1. The maximum atomic E-state index is 6.96. The molecule has 0 fully saturated rings. The number of anilines is 4. The van der Waals surface area contributed by atoms with E-state index in [1.54, 1.807) is 0 Å². The van der Waals surface area contributed by atoms with Crippen LogP contribution in [-0.2, 0) is 16.2 Å². The molecular weight excluding hydrogens is 735 g/mol. The summed E-state index contributed by atoms with van der Waals surface area (Å²) in [6.07, 6.45) is 3.99. The number of hydrogen-bond donors (Lipinski definition) is 0. The van der Waals surface area contributed by atoms with E-state index >= 15 is 0 Å². The van der Waals surface area contributed by atoms with Crippen LogP contribution in [0.3, 0.4) is 0 Å². The van der Waals surface area contributed by atoms with Crippen molar-refractivity contribution in [3.63, 3.8) is 0 Å². The van der Waals surface area contributed by atoms with Gasteiger partial charge in [-0.3, -0.25) is 9.13 Å². The smallest absolute Gasteiger partial charge is 0.219 e. The molecule has 0 bridgehead atoms. The molecule has 0 unspecified atom stereocenters. The highest BCUT2D eigenvalue weighted by Gasteiger charge is 2.30. The van der Waals surface area contributed by atoms with Crippen LogP contribution in [0.2, 0.25) is 0 Å². The second-order valence-corrected chi connectivity index (χ2v) is 19.7. The lowest BCUT2D eigenvalue weighted by Crippen LogP contribution is -2.25. The van der Waals surface area contributed by atoms with Crippen molar-refractivity contribution < 1.29 is 4.74 Å². The maximum Gasteiger partial charge on any atom is 0.219 e. The Morgan fingerprint density at radius 1 is 0.517 bits per heavy atom. The van der Waals surface area contributed by atoms with E-state index in [9.17, 15) is 0 Å². The van der Waals surface area contributed by atoms with Crippen LogP contribution < -0.4 is 14.5 Å². The topological polar surface area (TPSA) is 38.5 Å². The SMILES string of the molecule is Cc1cc(C(C)(C)C)cc(C)c1-n1ccnc1-n1c2ccccc2c2ccc(Oc3cc(N4CN(c5cccc(C(C)(C)C)c5)c5ccccc54)cc(C(C)(C)C)c3)cc21. The first-order valence-electron chi connectivity index (χ1n) is 21.2. The fourth-order valence-corrected chi connectivity index (χ4v) is 8.80. The van der Waals surface area contributed by atoms with Gasteiger partial charge in [0, 0.05) is 46.7 Å². The van der Waals surface area contributed by atoms with E-state index < -0.39 is 0 Å². The molecule has 0 amide bonds. The lowest BCUT2D eigenvalue weighted by Gasteiger charge is -2.27. The van der Waals surface area contributed by atoms with Gasteiger partial charge in [0.25, 0.3) is 0 Å². The number of hydrogen-bond acceptors (Lipinski definition) is 4. The Balaban J connectivity index is 1.13. The molecule has 6 aromatic carbocycles. The molecule has 0 radical (unpaired) electrons. The van der Waals surface area contributed by atoms with E-state index in [2.05, 4.69) is 223 Å². The molecule has 60 heavy (non-hydrogen) atoms. The molecule has 0 atom stereocenters. The Kier molecular flexibility index (Phi) is 9.27. The zero-order valence-electron chi connectivity index (χ0n) is 37.1. The predicted octanol–water partition coefficient (Wildman–Crippen LogP) is 14.5. The normalized spacial score (nSPS) is 13.4. The van der Waals surface area contributed by atoms with E-state index in [1.807, 2.05) is 6.20 Å². The van der Waals surface area contributed by atoms with Gasteiger partial charge in [-0.2, -0.15) is 0 Å². The molecule has 8 aromatic rings. The third kappa shape index (κ3) is 6.92. The van der Waals surface area contributed by atoms with Crippen molar-refractivity contribution in [3.8, 4) is 23.1 Å². The lowest BCUT2D eigenvalue weighted by molar-refractivity contribution is 0.479. The van der Waals surface area contributed by atoms with Crippen LogP contribution in [0.15, 0.2) is 134 Å². The van der Waals surface area contributed by atoms with Crippen LogP contribution in [0.1, 0.15) is 90.1 Å². The maximum absolute atomic E-state index is 6.96. The molecule has 6 heteroatoms. The standard InChI is InChI=1S/C54H57N5O/c1-35-27-38(53(6,7)8)28-36(2)50(35)56-26-25-55-51(56)59-46-20-13-12-19-44(46)45-24-23-42(33-49(45)59)60-43-31-39(54(9,10)11)30-41(32-43)58-34-57(47-21-14-15-22-48(47)58)40-18-16-17-37(29-40)52(3,4)5/h12-33H,34H2,1-11H3. The molecule has 0 N–H and O–H groups in total. The summed E-state index contributed by atoms with van der Waals surface area (Å²) in [6, 6.07) is 44.2. The van der Waals surface area contributed by atoms with Crippen molar-refractivity contribution in [2.24, 2.45) is 0 Å². The average Bonchev–Trinajstić information content (AvgIpc) is 3.91. The summed E-state index contributed by atoms with van der Waals surface area (Å²) >= 11 is 0. The van der Waals surface area contributed by atoms with E-state index in [0.29, 0.717) is 6.67 Å². The molecule has 0 spiro atoms. The van der Waals surface area contributed by atoms with E-state index in [0.717, 1.165) is 45.2 Å². The zero-order chi connectivity index (χ0) is 42.3. The molecule has 0 saturated heterocycles. The average molecular weight is 792 g/mol. The molecule has 2 aromatic heterocycles. The van der Waals surface area contributed by atoms with Gasteiger partial charge in [-0.1, -0.05) is 117 Å². The van der Waals surface area contributed by atoms with Crippen molar-refractivity contribution in [1.82, 2.24) is 14.1 Å². The molecule has 3 heterocycles. The Hall–Kier alpha value is -6.27. The minimum absolute atomic E-state index is 0.0525. The fraction of sp³-hybridized carbons (Fsp3) is 0.278. The predicted molar refractivity (Wildman–Crippen MR) is 252 cm³/mol. The molecule has 9 rings (SSSR count). The summed E-state index contributed by atoms with van der Waals surface area (Å²) in [7, 11) is 0.